The summed E-state index contributed by atoms with van der Waals surface area (Å²) in [5, 5.41) is 4.08. The molecular weight excluding hydrogens is 594 g/mol. The standard InChI is InChI=1S/C26H18F10N2O4/c1-12-10-13(24(30,25(31,32)33)26(34,35)36)11-18(42-23(28)29)20(12)38-22(40)15-7-5-8-16(19(15)27)37-21(39)14-6-3-4-9-17(14)41-2/h3-11,23H,1-2H3,(H,37,39)(H,38,40). The largest absolute Gasteiger partial charge is 0.496 e. The number of hydrogen-bond acceptors (Lipinski definition) is 4. The molecule has 3 aromatic rings. The van der Waals surface area contributed by atoms with Crippen LogP contribution in [0.15, 0.2) is 54.6 Å². The van der Waals surface area contributed by atoms with Crippen molar-refractivity contribution in [1.82, 2.24) is 0 Å². The molecule has 6 nitrogen and oxygen atoms in total. The van der Waals surface area contributed by atoms with Gasteiger partial charge in [-0.1, -0.05) is 18.2 Å². The highest BCUT2D eigenvalue weighted by molar-refractivity contribution is 6.09. The lowest BCUT2D eigenvalue weighted by Crippen LogP contribution is -2.50. The minimum Gasteiger partial charge on any atom is -0.496 e. The van der Waals surface area contributed by atoms with Crippen LogP contribution in [-0.2, 0) is 5.67 Å². The van der Waals surface area contributed by atoms with Crippen LogP contribution in [0.4, 0.5) is 55.3 Å². The number of aryl methyl sites for hydroxylation is 1. The zero-order chi connectivity index (χ0) is 31.6. The Labute approximate surface area is 230 Å². The van der Waals surface area contributed by atoms with Gasteiger partial charge in [0.15, 0.2) is 5.82 Å². The summed E-state index contributed by atoms with van der Waals surface area (Å²) in [6, 6.07) is 8.60. The first kappa shape index (κ1) is 32.0. The maximum Gasteiger partial charge on any atom is 0.435 e. The Morgan fingerprint density at radius 2 is 1.36 bits per heavy atom. The first-order chi connectivity index (χ1) is 19.4. The summed E-state index contributed by atoms with van der Waals surface area (Å²) in [5.74, 6) is -4.98. The van der Waals surface area contributed by atoms with Gasteiger partial charge < -0.3 is 20.1 Å². The van der Waals surface area contributed by atoms with Gasteiger partial charge in [0.2, 0.25) is 0 Å². The molecule has 0 aliphatic carbocycles. The van der Waals surface area contributed by atoms with Crippen molar-refractivity contribution >= 4 is 23.2 Å². The number of alkyl halides is 9. The first-order valence-corrected chi connectivity index (χ1v) is 11.4. The number of nitrogens with one attached hydrogen (secondary N) is 2. The number of amides is 2. The van der Waals surface area contributed by atoms with Gasteiger partial charge in [-0.3, -0.25) is 9.59 Å². The number of carbonyl (C=O) groups is 2. The van der Waals surface area contributed by atoms with Crippen LogP contribution in [-0.4, -0.2) is 37.9 Å². The number of hydrogen-bond donors (Lipinski definition) is 2. The van der Waals surface area contributed by atoms with E-state index in [2.05, 4.69) is 10.1 Å². The van der Waals surface area contributed by atoms with E-state index in [1.165, 1.54) is 25.3 Å². The van der Waals surface area contributed by atoms with Crippen LogP contribution in [0, 0.1) is 12.7 Å². The van der Waals surface area contributed by atoms with Crippen LogP contribution >= 0.6 is 0 Å². The van der Waals surface area contributed by atoms with Crippen LogP contribution < -0.4 is 20.1 Å². The van der Waals surface area contributed by atoms with Gasteiger partial charge in [-0.25, -0.2) is 8.78 Å². The van der Waals surface area contributed by atoms with Crippen LogP contribution in [0.25, 0.3) is 0 Å². The van der Waals surface area contributed by atoms with E-state index in [1.807, 2.05) is 5.32 Å². The average Bonchev–Trinajstić information content (AvgIpc) is 2.89. The van der Waals surface area contributed by atoms with Gasteiger partial charge in [0, 0.05) is 5.56 Å². The van der Waals surface area contributed by atoms with Crippen molar-refractivity contribution in [3.8, 4) is 11.5 Å². The molecule has 0 spiro atoms. The molecule has 0 bridgehead atoms. The molecule has 0 atom stereocenters. The van der Waals surface area contributed by atoms with Crippen LogP contribution in [0.5, 0.6) is 11.5 Å². The smallest absolute Gasteiger partial charge is 0.435 e. The van der Waals surface area contributed by atoms with Gasteiger partial charge in [0.05, 0.1) is 29.6 Å². The Morgan fingerprint density at radius 1 is 0.786 bits per heavy atom. The Morgan fingerprint density at radius 3 is 1.93 bits per heavy atom. The molecule has 42 heavy (non-hydrogen) atoms. The van der Waals surface area contributed by atoms with Crippen molar-refractivity contribution in [3.63, 3.8) is 0 Å². The number of halogens is 10. The minimum absolute atomic E-state index is 0.0135. The van der Waals surface area contributed by atoms with Gasteiger partial charge in [-0.15, -0.1) is 0 Å². The number of para-hydroxylation sites is 1. The molecule has 0 fully saturated rings. The molecule has 2 N–H and O–H groups in total. The average molecular weight is 612 g/mol. The van der Waals surface area contributed by atoms with E-state index in [4.69, 9.17) is 4.74 Å². The normalized spacial score (nSPS) is 12.2. The third-order valence-electron chi connectivity index (χ3n) is 5.78. The van der Waals surface area contributed by atoms with Crippen molar-refractivity contribution in [2.24, 2.45) is 0 Å². The predicted octanol–water partition coefficient (Wildman–Crippen LogP) is 7.54. The van der Waals surface area contributed by atoms with Gasteiger partial charge in [-0.05, 0) is 48.9 Å². The molecule has 0 aliphatic heterocycles. The Kier molecular flexibility index (Phi) is 8.98. The molecule has 16 heteroatoms. The summed E-state index contributed by atoms with van der Waals surface area (Å²) in [4.78, 5) is 25.5. The number of rotatable bonds is 8. The minimum atomic E-state index is -6.57. The second kappa shape index (κ2) is 11.8. The highest BCUT2D eigenvalue weighted by Gasteiger charge is 2.73. The summed E-state index contributed by atoms with van der Waals surface area (Å²) in [5.41, 5.74) is -11.2. The van der Waals surface area contributed by atoms with E-state index in [0.717, 1.165) is 25.1 Å². The number of ether oxygens (including phenoxy) is 2. The van der Waals surface area contributed by atoms with Crippen LogP contribution in [0.3, 0.4) is 0 Å². The van der Waals surface area contributed by atoms with E-state index in [9.17, 15) is 49.1 Å². The molecule has 226 valence electrons. The second-order valence-corrected chi connectivity index (χ2v) is 8.47. The molecule has 0 saturated carbocycles. The fourth-order valence-corrected chi connectivity index (χ4v) is 3.80. The van der Waals surface area contributed by atoms with E-state index in [-0.39, 0.29) is 23.4 Å². The fraction of sp³-hybridized carbons (Fsp3) is 0.231. The molecule has 3 aromatic carbocycles. The third kappa shape index (κ3) is 6.21. The molecule has 3 rings (SSSR count). The highest BCUT2D eigenvalue weighted by Crippen LogP contribution is 2.54. The van der Waals surface area contributed by atoms with Gasteiger partial charge in [-0.2, -0.15) is 35.1 Å². The summed E-state index contributed by atoms with van der Waals surface area (Å²) in [7, 11) is 1.28. The van der Waals surface area contributed by atoms with Crippen molar-refractivity contribution in [3.05, 3.63) is 82.7 Å². The molecular formula is C26H18F10N2O4. The molecule has 0 heterocycles. The molecule has 0 unspecified atom stereocenters. The first-order valence-electron chi connectivity index (χ1n) is 11.4. The lowest BCUT2D eigenvalue weighted by molar-refractivity contribution is -0.348. The summed E-state index contributed by atoms with van der Waals surface area (Å²) in [6.45, 7) is -3.07. The quantitative estimate of drug-likeness (QED) is 0.258. The Hall–Kier alpha value is -4.50. The number of anilines is 2. The van der Waals surface area contributed by atoms with E-state index in [0.29, 0.717) is 0 Å². The molecule has 0 aromatic heterocycles. The van der Waals surface area contributed by atoms with Crippen molar-refractivity contribution in [1.29, 1.82) is 0 Å². The maximum atomic E-state index is 15.2. The van der Waals surface area contributed by atoms with Crippen molar-refractivity contribution < 1.29 is 63.0 Å². The maximum absolute atomic E-state index is 15.2. The predicted molar refractivity (Wildman–Crippen MR) is 128 cm³/mol. The zero-order valence-corrected chi connectivity index (χ0v) is 21.2. The molecule has 0 aliphatic rings. The highest BCUT2D eigenvalue weighted by atomic mass is 19.4. The zero-order valence-electron chi connectivity index (χ0n) is 21.2. The van der Waals surface area contributed by atoms with E-state index in [1.54, 1.807) is 6.07 Å². The molecule has 0 saturated heterocycles. The van der Waals surface area contributed by atoms with E-state index < -0.39 is 76.1 Å². The monoisotopic (exact) mass is 612 g/mol. The van der Waals surface area contributed by atoms with Crippen LogP contribution in [0.2, 0.25) is 0 Å². The van der Waals surface area contributed by atoms with Gasteiger partial charge >= 0.3 is 24.6 Å². The summed E-state index contributed by atoms with van der Waals surface area (Å²) < 4.78 is 144. The Balaban J connectivity index is 2.02. The third-order valence-corrected chi connectivity index (χ3v) is 5.78. The van der Waals surface area contributed by atoms with Gasteiger partial charge in [0.1, 0.15) is 11.5 Å². The topological polar surface area (TPSA) is 76.7 Å². The number of carbonyl (C=O) groups excluding carboxylic acids is 2. The van der Waals surface area contributed by atoms with Crippen molar-refractivity contribution in [2.75, 3.05) is 17.7 Å². The van der Waals surface area contributed by atoms with E-state index >= 15 is 4.39 Å². The number of benzene rings is 3. The van der Waals surface area contributed by atoms with Crippen molar-refractivity contribution in [2.45, 2.75) is 31.6 Å². The van der Waals surface area contributed by atoms with Crippen LogP contribution in [0.1, 0.15) is 31.8 Å². The molecule has 2 amide bonds. The Bertz CT molecular complexity index is 1470. The lowest BCUT2D eigenvalue weighted by Gasteiger charge is -2.31. The SMILES string of the molecule is COc1ccccc1C(=O)Nc1cccc(C(=O)Nc2c(C)cc(C(F)(C(F)(F)F)C(F)(F)F)cc2OC(F)F)c1F. The second-order valence-electron chi connectivity index (χ2n) is 8.47. The molecule has 0 radical (unpaired) electrons. The lowest BCUT2D eigenvalue weighted by atomic mass is 9.92. The summed E-state index contributed by atoms with van der Waals surface area (Å²) in [6.07, 6.45) is -13.1. The number of methoxy groups -OCH3 is 1. The fourth-order valence-electron chi connectivity index (χ4n) is 3.80. The summed E-state index contributed by atoms with van der Waals surface area (Å²) >= 11 is 0. The van der Waals surface area contributed by atoms with Gasteiger partial charge in [0.25, 0.3) is 11.8 Å².